The second-order valence-electron chi connectivity index (χ2n) is 9.73. The average molecular weight is 524 g/mol. The van der Waals surface area contributed by atoms with Crippen molar-refractivity contribution < 1.29 is 22.5 Å². The smallest absolute Gasteiger partial charge is 0.203 e. The molecule has 6 aromatic rings. The van der Waals surface area contributed by atoms with Gasteiger partial charge in [0.25, 0.3) is 0 Å². The molecule has 0 amide bonds. The van der Waals surface area contributed by atoms with Gasteiger partial charge < -0.3 is 9.30 Å². The molecule has 0 aliphatic carbocycles. The number of pyridine rings is 1. The van der Waals surface area contributed by atoms with E-state index in [2.05, 4.69) is 22.1 Å². The van der Waals surface area contributed by atoms with Crippen molar-refractivity contribution in [2.45, 2.75) is 26.6 Å². The molecule has 2 heterocycles. The predicted octanol–water partition coefficient (Wildman–Crippen LogP) is 7.48. The van der Waals surface area contributed by atoms with Crippen molar-refractivity contribution in [3.8, 4) is 5.75 Å². The van der Waals surface area contributed by atoms with Crippen LogP contribution < -0.4 is 9.30 Å². The van der Waals surface area contributed by atoms with E-state index in [1.165, 1.54) is 30.3 Å². The average Bonchev–Trinajstić information content (AvgIpc) is 3.23. The van der Waals surface area contributed by atoms with Crippen LogP contribution in [0.2, 0.25) is 0 Å². The second kappa shape index (κ2) is 10.3. The van der Waals surface area contributed by atoms with Crippen molar-refractivity contribution in [1.29, 1.82) is 0 Å². The summed E-state index contributed by atoms with van der Waals surface area (Å²) < 4.78 is 51.6. The number of fused-ring (bicyclic) bond motifs is 3. The van der Waals surface area contributed by atoms with Gasteiger partial charge in [-0.05, 0) is 71.8 Å². The van der Waals surface area contributed by atoms with Gasteiger partial charge in [0.2, 0.25) is 5.69 Å². The fraction of sp³-hybridized carbons (Fsp3) is 0.121. The highest BCUT2D eigenvalue weighted by Gasteiger charge is 2.20. The molecule has 0 saturated heterocycles. The number of ether oxygens (including phenoxy) is 1. The third kappa shape index (κ3) is 5.10. The molecule has 3 nitrogen and oxygen atoms in total. The van der Waals surface area contributed by atoms with Crippen LogP contribution in [0.5, 0.6) is 5.75 Å². The topological polar surface area (TPSA) is 18.0 Å². The van der Waals surface area contributed by atoms with Gasteiger partial charge in [0.05, 0.1) is 5.52 Å². The zero-order valence-electron chi connectivity index (χ0n) is 21.4. The number of aryl methyl sites for hydroxylation is 1. The predicted molar refractivity (Wildman–Crippen MR) is 146 cm³/mol. The fourth-order valence-corrected chi connectivity index (χ4v) is 5.15. The van der Waals surface area contributed by atoms with E-state index in [9.17, 15) is 13.2 Å². The molecule has 0 N–H and O–H groups in total. The first-order valence-electron chi connectivity index (χ1n) is 12.8. The second-order valence-corrected chi connectivity index (χ2v) is 9.73. The monoisotopic (exact) mass is 523 g/mol. The first-order chi connectivity index (χ1) is 18.9. The molecule has 194 valence electrons. The van der Waals surface area contributed by atoms with E-state index >= 15 is 0 Å². The molecule has 0 aliphatic heterocycles. The lowest BCUT2D eigenvalue weighted by Crippen LogP contribution is -2.37. The van der Waals surface area contributed by atoms with Crippen molar-refractivity contribution in [3.63, 3.8) is 0 Å². The summed E-state index contributed by atoms with van der Waals surface area (Å²) >= 11 is 0. The summed E-state index contributed by atoms with van der Waals surface area (Å²) in [6.07, 6.45) is 2.04. The maximum atomic E-state index is 14.1. The van der Waals surface area contributed by atoms with E-state index in [0.29, 0.717) is 18.8 Å². The molecule has 0 saturated carbocycles. The van der Waals surface area contributed by atoms with E-state index in [0.717, 1.165) is 44.2 Å². The molecule has 0 fully saturated rings. The van der Waals surface area contributed by atoms with E-state index in [1.54, 1.807) is 30.3 Å². The van der Waals surface area contributed by atoms with Crippen LogP contribution in [0.4, 0.5) is 13.2 Å². The number of benzene rings is 4. The van der Waals surface area contributed by atoms with Crippen molar-refractivity contribution in [3.05, 3.63) is 143 Å². The molecule has 6 heteroatoms. The lowest BCUT2D eigenvalue weighted by atomic mass is 10.1. The maximum Gasteiger partial charge on any atom is 0.203 e. The van der Waals surface area contributed by atoms with Gasteiger partial charge in [-0.3, -0.25) is 0 Å². The molecular weight excluding hydrogens is 497 g/mol. The summed E-state index contributed by atoms with van der Waals surface area (Å²) in [7, 11) is 0. The number of rotatable bonds is 7. The van der Waals surface area contributed by atoms with Gasteiger partial charge in [0.1, 0.15) is 35.3 Å². The van der Waals surface area contributed by atoms with Crippen molar-refractivity contribution in [1.82, 2.24) is 4.57 Å². The van der Waals surface area contributed by atoms with E-state index < -0.39 is 0 Å². The third-order valence-electron chi connectivity index (χ3n) is 7.06. The van der Waals surface area contributed by atoms with Crippen molar-refractivity contribution >= 4 is 21.8 Å². The molecule has 4 aromatic carbocycles. The lowest BCUT2D eigenvalue weighted by molar-refractivity contribution is -0.693. The van der Waals surface area contributed by atoms with Crippen LogP contribution >= 0.6 is 0 Å². The number of nitrogens with zero attached hydrogens (tertiary/aromatic N) is 2. The molecule has 0 spiro atoms. The van der Waals surface area contributed by atoms with Crippen LogP contribution in [0.3, 0.4) is 0 Å². The molecule has 0 aliphatic rings. The molecule has 0 radical (unpaired) electrons. The summed E-state index contributed by atoms with van der Waals surface area (Å²) in [5.74, 6) is -0.185. The molecule has 39 heavy (non-hydrogen) atoms. The number of halogens is 3. The van der Waals surface area contributed by atoms with Gasteiger partial charge in [0, 0.05) is 41.9 Å². The SMILES string of the molecule is Cc1c2c(cc[n+]1Cc1ccc(F)cc1)c1ccc(OCc3cccc(F)c3)cc1n2Cc1cccc(F)c1. The van der Waals surface area contributed by atoms with Crippen LogP contribution in [0.25, 0.3) is 21.8 Å². The van der Waals surface area contributed by atoms with Crippen LogP contribution in [0, 0.1) is 24.4 Å². The molecule has 6 rings (SSSR count). The largest absolute Gasteiger partial charge is 0.489 e. The minimum absolute atomic E-state index is 0.240. The number of hydrogen-bond donors (Lipinski definition) is 0. The summed E-state index contributed by atoms with van der Waals surface area (Å²) in [6.45, 7) is 3.36. The third-order valence-corrected chi connectivity index (χ3v) is 7.06. The maximum absolute atomic E-state index is 14.1. The van der Waals surface area contributed by atoms with Gasteiger partial charge in [-0.25, -0.2) is 13.2 Å². The van der Waals surface area contributed by atoms with Crippen LogP contribution in [0.1, 0.15) is 22.4 Å². The normalized spacial score (nSPS) is 11.4. The number of hydrogen-bond acceptors (Lipinski definition) is 1. The van der Waals surface area contributed by atoms with E-state index in [4.69, 9.17) is 4.74 Å². The lowest BCUT2D eigenvalue weighted by Gasteiger charge is -2.11. The van der Waals surface area contributed by atoms with Gasteiger partial charge in [-0.1, -0.05) is 24.3 Å². The highest BCUT2D eigenvalue weighted by Crippen LogP contribution is 2.33. The number of aromatic nitrogens is 2. The summed E-state index contributed by atoms with van der Waals surface area (Å²) in [6, 6.07) is 27.5. The van der Waals surface area contributed by atoms with Crippen molar-refractivity contribution in [2.75, 3.05) is 0 Å². The van der Waals surface area contributed by atoms with Crippen LogP contribution in [-0.2, 0) is 19.7 Å². The van der Waals surface area contributed by atoms with Gasteiger partial charge >= 0.3 is 0 Å². The van der Waals surface area contributed by atoms with E-state index in [1.807, 2.05) is 36.5 Å². The summed E-state index contributed by atoms with van der Waals surface area (Å²) in [4.78, 5) is 0. The standard InChI is InChI=1S/C33H26F3N2O/c1-22-33-31(14-15-37(22)19-23-8-10-26(34)11-9-23)30-13-12-29(39-21-25-5-3-7-28(36)17-25)18-32(30)38(33)20-24-4-2-6-27(35)16-24/h2-18H,19-21H2,1H3/q+1. The van der Waals surface area contributed by atoms with E-state index in [-0.39, 0.29) is 24.1 Å². The summed E-state index contributed by atoms with van der Waals surface area (Å²) in [5.41, 5.74) is 5.59. The molecule has 0 atom stereocenters. The molecule has 0 unspecified atom stereocenters. The molecule has 2 aromatic heterocycles. The Hall–Kier alpha value is -4.58. The Bertz CT molecular complexity index is 1810. The van der Waals surface area contributed by atoms with Crippen molar-refractivity contribution in [2.24, 2.45) is 0 Å². The quantitative estimate of drug-likeness (QED) is 0.198. The minimum atomic E-state index is -0.300. The Labute approximate surface area is 224 Å². The highest BCUT2D eigenvalue weighted by atomic mass is 19.1. The van der Waals surface area contributed by atoms with Crippen LogP contribution in [-0.4, -0.2) is 4.57 Å². The minimum Gasteiger partial charge on any atom is -0.489 e. The first kappa shape index (κ1) is 24.7. The Kier molecular flexibility index (Phi) is 6.53. The molecular formula is C33H26F3N2O+. The Morgan fingerprint density at radius 2 is 1.41 bits per heavy atom. The van der Waals surface area contributed by atoms with Gasteiger partial charge in [0.15, 0.2) is 12.7 Å². The Morgan fingerprint density at radius 3 is 2.15 bits per heavy atom. The molecule has 0 bridgehead atoms. The Balaban J connectivity index is 1.45. The summed E-state index contributed by atoms with van der Waals surface area (Å²) in [5, 5.41) is 2.13. The van der Waals surface area contributed by atoms with Gasteiger partial charge in [-0.2, -0.15) is 4.57 Å². The van der Waals surface area contributed by atoms with Crippen LogP contribution in [0.15, 0.2) is 103 Å². The Morgan fingerprint density at radius 1 is 0.692 bits per heavy atom. The fourth-order valence-electron chi connectivity index (χ4n) is 5.15. The zero-order chi connectivity index (χ0) is 26.9. The zero-order valence-corrected chi connectivity index (χ0v) is 21.4. The van der Waals surface area contributed by atoms with Gasteiger partial charge in [-0.15, -0.1) is 0 Å². The first-order valence-corrected chi connectivity index (χ1v) is 12.8. The highest BCUT2D eigenvalue weighted by molar-refractivity contribution is 6.08.